The number of carbonyl (C=O) groups is 1. The van der Waals surface area contributed by atoms with Crippen LogP contribution in [0.2, 0.25) is 0 Å². The van der Waals surface area contributed by atoms with Crippen molar-refractivity contribution in [1.82, 2.24) is 4.57 Å². The highest BCUT2D eigenvalue weighted by molar-refractivity contribution is 5.93. The Morgan fingerprint density at radius 2 is 2.25 bits per heavy atom. The molecule has 4 nitrogen and oxygen atoms in total. The average molecular weight is 218 g/mol. The smallest absolute Gasteiger partial charge is 0.323 e. The molecular formula is C12H14N2O2. The van der Waals surface area contributed by atoms with E-state index in [-0.39, 0.29) is 0 Å². The molecule has 0 fully saturated rings. The zero-order valence-electron chi connectivity index (χ0n) is 9.36. The van der Waals surface area contributed by atoms with Gasteiger partial charge >= 0.3 is 6.03 Å². The van der Waals surface area contributed by atoms with E-state index < -0.39 is 6.03 Å². The molecule has 0 saturated carbocycles. The Morgan fingerprint density at radius 3 is 2.81 bits per heavy atom. The summed E-state index contributed by atoms with van der Waals surface area (Å²) >= 11 is 0. The van der Waals surface area contributed by atoms with Crippen LogP contribution in [0.4, 0.5) is 4.79 Å². The second kappa shape index (κ2) is 3.89. The van der Waals surface area contributed by atoms with Gasteiger partial charge in [-0.3, -0.25) is 4.57 Å². The zero-order chi connectivity index (χ0) is 11.7. The number of fused-ring (bicyclic) bond motifs is 1. The van der Waals surface area contributed by atoms with Crippen LogP contribution in [-0.2, 0) is 6.42 Å². The fourth-order valence-corrected chi connectivity index (χ4v) is 1.87. The van der Waals surface area contributed by atoms with E-state index in [0.717, 1.165) is 28.6 Å². The van der Waals surface area contributed by atoms with Gasteiger partial charge in [0.25, 0.3) is 0 Å². The molecule has 0 aliphatic heterocycles. The minimum Gasteiger partial charge on any atom is -0.497 e. The van der Waals surface area contributed by atoms with E-state index in [2.05, 4.69) is 0 Å². The van der Waals surface area contributed by atoms with E-state index in [9.17, 15) is 4.79 Å². The Bertz CT molecular complexity index is 543. The highest BCUT2D eigenvalue weighted by Gasteiger charge is 2.10. The second-order valence-corrected chi connectivity index (χ2v) is 3.60. The van der Waals surface area contributed by atoms with Gasteiger partial charge in [-0.25, -0.2) is 4.79 Å². The lowest BCUT2D eigenvalue weighted by Crippen LogP contribution is -2.18. The summed E-state index contributed by atoms with van der Waals surface area (Å²) in [6.45, 7) is 2.05. The average Bonchev–Trinajstić information content (AvgIpc) is 2.66. The summed E-state index contributed by atoms with van der Waals surface area (Å²) in [5.41, 5.74) is 7.23. The van der Waals surface area contributed by atoms with Crippen molar-refractivity contribution in [3.05, 3.63) is 30.0 Å². The summed E-state index contributed by atoms with van der Waals surface area (Å²) in [6.07, 6.45) is 2.65. The number of amides is 1. The van der Waals surface area contributed by atoms with Crippen LogP contribution in [0.25, 0.3) is 10.9 Å². The van der Waals surface area contributed by atoms with Crippen LogP contribution in [-0.4, -0.2) is 17.7 Å². The van der Waals surface area contributed by atoms with Crippen molar-refractivity contribution in [1.29, 1.82) is 0 Å². The predicted molar refractivity (Wildman–Crippen MR) is 62.8 cm³/mol. The normalized spacial score (nSPS) is 10.6. The quantitative estimate of drug-likeness (QED) is 0.839. The van der Waals surface area contributed by atoms with E-state index in [1.165, 1.54) is 4.57 Å². The number of hydrogen-bond donors (Lipinski definition) is 1. The third-order valence-corrected chi connectivity index (χ3v) is 2.71. The summed E-state index contributed by atoms with van der Waals surface area (Å²) < 4.78 is 6.59. The van der Waals surface area contributed by atoms with Crippen molar-refractivity contribution in [2.75, 3.05) is 7.11 Å². The lowest BCUT2D eigenvalue weighted by Gasteiger charge is -2.02. The largest absolute Gasteiger partial charge is 0.497 e. The number of nitrogens with two attached hydrogens (primary N) is 1. The summed E-state index contributed by atoms with van der Waals surface area (Å²) in [5, 5.41) is 1.04. The molecule has 1 heterocycles. The monoisotopic (exact) mass is 218 g/mol. The van der Waals surface area contributed by atoms with Gasteiger partial charge in [-0.05, 0) is 24.1 Å². The molecule has 0 saturated heterocycles. The van der Waals surface area contributed by atoms with Crippen molar-refractivity contribution in [2.45, 2.75) is 13.3 Å². The summed E-state index contributed by atoms with van der Waals surface area (Å²) in [5.74, 6) is 0.718. The van der Waals surface area contributed by atoms with E-state index >= 15 is 0 Å². The van der Waals surface area contributed by atoms with Crippen LogP contribution < -0.4 is 10.5 Å². The summed E-state index contributed by atoms with van der Waals surface area (Å²) in [7, 11) is 1.60. The lowest BCUT2D eigenvalue weighted by atomic mass is 10.1. The minimum absolute atomic E-state index is 0.474. The van der Waals surface area contributed by atoms with Gasteiger partial charge in [0.2, 0.25) is 0 Å². The molecule has 0 atom stereocenters. The van der Waals surface area contributed by atoms with Gasteiger partial charge < -0.3 is 10.5 Å². The summed E-state index contributed by atoms with van der Waals surface area (Å²) in [4.78, 5) is 11.3. The van der Waals surface area contributed by atoms with Gasteiger partial charge in [-0.2, -0.15) is 0 Å². The molecule has 2 N–H and O–H groups in total. The van der Waals surface area contributed by atoms with E-state index in [1.54, 1.807) is 13.3 Å². The van der Waals surface area contributed by atoms with E-state index in [0.29, 0.717) is 0 Å². The molecule has 0 spiro atoms. The van der Waals surface area contributed by atoms with E-state index in [1.807, 2.05) is 25.1 Å². The maximum Gasteiger partial charge on any atom is 0.323 e. The number of benzene rings is 1. The standard InChI is InChI=1S/C12H14N2O2/c1-3-8-7-14(12(13)15)11-6-9(16-2)4-5-10(8)11/h4-7H,3H2,1-2H3,(H2,13,15). The number of methoxy groups -OCH3 is 1. The van der Waals surface area contributed by atoms with E-state index in [4.69, 9.17) is 10.5 Å². The van der Waals surface area contributed by atoms with Gasteiger partial charge in [0.15, 0.2) is 0 Å². The maximum absolute atomic E-state index is 11.3. The number of rotatable bonds is 2. The number of nitrogens with zero attached hydrogens (tertiary/aromatic N) is 1. The van der Waals surface area contributed by atoms with Crippen LogP contribution in [0, 0.1) is 0 Å². The summed E-state index contributed by atoms with van der Waals surface area (Å²) in [6, 6.07) is 5.18. The molecule has 4 heteroatoms. The van der Waals surface area contributed by atoms with Gasteiger partial charge in [-0.1, -0.05) is 6.92 Å². The van der Waals surface area contributed by atoms with Crippen LogP contribution in [0.15, 0.2) is 24.4 Å². The Kier molecular flexibility index (Phi) is 2.56. The van der Waals surface area contributed by atoms with Crippen LogP contribution in [0.1, 0.15) is 12.5 Å². The molecule has 2 aromatic rings. The highest BCUT2D eigenvalue weighted by Crippen LogP contribution is 2.25. The van der Waals surface area contributed by atoms with Crippen LogP contribution in [0.5, 0.6) is 5.75 Å². The molecule has 0 aliphatic rings. The van der Waals surface area contributed by atoms with Crippen molar-refractivity contribution >= 4 is 16.9 Å². The Morgan fingerprint density at radius 1 is 1.50 bits per heavy atom. The minimum atomic E-state index is -0.474. The first-order valence-electron chi connectivity index (χ1n) is 5.15. The number of aromatic nitrogens is 1. The van der Waals surface area contributed by atoms with Gasteiger partial charge in [-0.15, -0.1) is 0 Å². The van der Waals surface area contributed by atoms with Gasteiger partial charge in [0.1, 0.15) is 5.75 Å². The van der Waals surface area contributed by atoms with Crippen molar-refractivity contribution < 1.29 is 9.53 Å². The molecular weight excluding hydrogens is 204 g/mol. The molecule has 0 aliphatic carbocycles. The Hall–Kier alpha value is -1.97. The Balaban J connectivity index is 2.75. The SMILES string of the molecule is CCc1cn(C(N)=O)c2cc(OC)ccc12. The van der Waals surface area contributed by atoms with Crippen molar-refractivity contribution in [2.24, 2.45) is 5.73 Å². The van der Waals surface area contributed by atoms with Crippen LogP contribution >= 0.6 is 0 Å². The number of carbonyl (C=O) groups excluding carboxylic acids is 1. The first kappa shape index (κ1) is 10.5. The molecule has 0 unspecified atom stereocenters. The fourth-order valence-electron chi connectivity index (χ4n) is 1.87. The molecule has 1 amide bonds. The predicted octanol–water partition coefficient (Wildman–Crippen LogP) is 2.14. The third-order valence-electron chi connectivity index (χ3n) is 2.71. The molecule has 0 radical (unpaired) electrons. The second-order valence-electron chi connectivity index (χ2n) is 3.60. The molecule has 0 bridgehead atoms. The number of primary amides is 1. The van der Waals surface area contributed by atoms with Crippen molar-refractivity contribution in [3.63, 3.8) is 0 Å². The van der Waals surface area contributed by atoms with Gasteiger partial charge in [0, 0.05) is 17.6 Å². The number of ether oxygens (including phenoxy) is 1. The topological polar surface area (TPSA) is 57.2 Å². The molecule has 1 aromatic heterocycles. The number of hydrogen-bond acceptors (Lipinski definition) is 2. The lowest BCUT2D eigenvalue weighted by molar-refractivity contribution is 0.251. The fraction of sp³-hybridized carbons (Fsp3) is 0.250. The molecule has 1 aromatic carbocycles. The number of aryl methyl sites for hydroxylation is 1. The van der Waals surface area contributed by atoms with Gasteiger partial charge in [0.05, 0.1) is 12.6 Å². The molecule has 2 rings (SSSR count). The molecule has 84 valence electrons. The highest BCUT2D eigenvalue weighted by atomic mass is 16.5. The zero-order valence-corrected chi connectivity index (χ0v) is 9.36. The van der Waals surface area contributed by atoms with Crippen LogP contribution in [0.3, 0.4) is 0 Å². The molecule has 16 heavy (non-hydrogen) atoms. The van der Waals surface area contributed by atoms with Crippen molar-refractivity contribution in [3.8, 4) is 5.75 Å². The first-order valence-corrected chi connectivity index (χ1v) is 5.15. The maximum atomic E-state index is 11.3. The first-order chi connectivity index (χ1) is 7.67. The Labute approximate surface area is 93.6 Å². The third kappa shape index (κ3) is 1.52.